The molecule has 10 nitrogen and oxygen atoms in total. The number of nitrogens with one attached hydrogen (secondary N) is 1. The van der Waals surface area contributed by atoms with E-state index in [4.69, 9.17) is 14.0 Å². The van der Waals surface area contributed by atoms with Gasteiger partial charge < -0.3 is 18.9 Å². The van der Waals surface area contributed by atoms with E-state index in [-0.39, 0.29) is 12.0 Å². The maximum Gasteiger partial charge on any atom is 0.437 e. The summed E-state index contributed by atoms with van der Waals surface area (Å²) in [4.78, 5) is 35.8. The van der Waals surface area contributed by atoms with Gasteiger partial charge in [0.25, 0.3) is 0 Å². The molecule has 1 aromatic heterocycles. The number of aromatic nitrogens is 2. The Morgan fingerprint density at radius 1 is 0.953 bits per heavy atom. The van der Waals surface area contributed by atoms with Crippen molar-refractivity contribution in [1.82, 2.24) is 20.4 Å². The molecule has 0 aliphatic carbocycles. The van der Waals surface area contributed by atoms with Crippen LogP contribution in [0.15, 0.2) is 33.8 Å². The molecule has 0 bridgehead atoms. The molecule has 3 rings (SSSR count). The highest BCUT2D eigenvalue weighted by Gasteiger charge is 2.35. The number of amides is 2. The number of aliphatic imine (C=N–C) groups is 1. The van der Waals surface area contributed by atoms with Crippen molar-refractivity contribution in [2.45, 2.75) is 136 Å². The number of hydrogen-bond donors (Lipinski definition) is 1. The standard InChI is InChI=1S/C33H51N5O5/c1-8-9-10-11-12-13-14-15-17-24-19-21-25(22-20-24)27-34-28(43-37-27)26-18-16-23-38(26)29(35-30(39)41-32(2,3)4)36-31(40)42-33(5,6)7/h19-22,26H,8-18,23H2,1-7H3,(H,35,36,39,40)/t26-/m0/s1. The summed E-state index contributed by atoms with van der Waals surface area (Å²) in [5, 5.41) is 6.87. The number of unbranched alkanes of at least 4 members (excludes halogenated alkanes) is 7. The fourth-order valence-corrected chi connectivity index (χ4v) is 4.98. The Morgan fingerprint density at radius 2 is 1.58 bits per heavy atom. The molecule has 43 heavy (non-hydrogen) atoms. The largest absolute Gasteiger partial charge is 0.444 e. The van der Waals surface area contributed by atoms with Crippen LogP contribution in [-0.4, -0.2) is 50.9 Å². The second-order valence-corrected chi connectivity index (χ2v) is 13.3. The SMILES string of the molecule is CCCCCCCCCCc1ccc(-c2noc([C@@H]3CCCN3C(=NC(=O)OC(C)(C)C)NC(=O)OC(C)(C)C)n2)cc1. The lowest BCUT2D eigenvalue weighted by Crippen LogP contribution is -2.46. The van der Waals surface area contributed by atoms with Crippen molar-refractivity contribution < 1.29 is 23.6 Å². The summed E-state index contributed by atoms with van der Waals surface area (Å²) >= 11 is 0. The number of carbonyl (C=O) groups excluding carboxylic acids is 2. The average Bonchev–Trinajstić information content (AvgIpc) is 3.58. The van der Waals surface area contributed by atoms with Crippen LogP contribution < -0.4 is 5.32 Å². The topological polar surface area (TPSA) is 119 Å². The molecule has 0 saturated carbocycles. The first kappa shape index (κ1) is 34.1. The average molecular weight is 598 g/mol. The minimum absolute atomic E-state index is 0.0241. The molecule has 0 unspecified atom stereocenters. The first-order valence-electron chi connectivity index (χ1n) is 15.9. The molecule has 0 radical (unpaired) electrons. The fraction of sp³-hybridized carbons (Fsp3) is 0.667. The summed E-state index contributed by atoms with van der Waals surface area (Å²) in [6.07, 6.45) is 11.4. The smallest absolute Gasteiger partial charge is 0.437 e. The van der Waals surface area contributed by atoms with Gasteiger partial charge in [-0.25, -0.2) is 9.59 Å². The molecule has 2 aromatic rings. The highest BCUT2D eigenvalue weighted by Crippen LogP contribution is 2.32. The molecular weight excluding hydrogens is 546 g/mol. The maximum atomic E-state index is 12.7. The van der Waals surface area contributed by atoms with Gasteiger partial charge in [0.2, 0.25) is 17.7 Å². The Bertz CT molecular complexity index is 1190. The van der Waals surface area contributed by atoms with Crippen molar-refractivity contribution >= 4 is 18.1 Å². The van der Waals surface area contributed by atoms with Gasteiger partial charge in [-0.15, -0.1) is 4.99 Å². The van der Waals surface area contributed by atoms with Crippen molar-refractivity contribution in [3.05, 3.63) is 35.7 Å². The number of likely N-dealkylation sites (tertiary alicyclic amines) is 1. The zero-order valence-electron chi connectivity index (χ0n) is 27.2. The number of guanidine groups is 1. The molecule has 10 heteroatoms. The molecule has 1 saturated heterocycles. The Labute approximate surface area is 257 Å². The molecule has 2 amide bonds. The third-order valence-electron chi connectivity index (χ3n) is 6.99. The predicted octanol–water partition coefficient (Wildman–Crippen LogP) is 8.37. The molecule has 2 heterocycles. The van der Waals surface area contributed by atoms with E-state index in [2.05, 4.69) is 39.5 Å². The summed E-state index contributed by atoms with van der Waals surface area (Å²) in [5.41, 5.74) is 0.703. The quantitative estimate of drug-likeness (QED) is 0.156. The number of ether oxygens (including phenoxy) is 2. The minimum atomic E-state index is -0.817. The number of carbonyl (C=O) groups is 2. The highest BCUT2D eigenvalue weighted by atomic mass is 16.6. The van der Waals surface area contributed by atoms with Crippen molar-refractivity contribution in [3.63, 3.8) is 0 Å². The molecule has 238 valence electrons. The van der Waals surface area contributed by atoms with E-state index in [0.717, 1.165) is 18.4 Å². The lowest BCUT2D eigenvalue weighted by molar-refractivity contribution is 0.0553. The predicted molar refractivity (Wildman–Crippen MR) is 168 cm³/mol. The van der Waals surface area contributed by atoms with Gasteiger partial charge in [-0.3, -0.25) is 5.32 Å². The van der Waals surface area contributed by atoms with Gasteiger partial charge in [-0.2, -0.15) is 4.98 Å². The van der Waals surface area contributed by atoms with Crippen molar-refractivity contribution in [2.24, 2.45) is 4.99 Å². The summed E-state index contributed by atoms with van der Waals surface area (Å²) in [7, 11) is 0. The van der Waals surface area contributed by atoms with E-state index in [0.29, 0.717) is 24.7 Å². The molecule has 1 atom stereocenters. The van der Waals surface area contributed by atoms with Crippen LogP contribution in [0.1, 0.15) is 130 Å². The van der Waals surface area contributed by atoms with Crippen LogP contribution in [0.3, 0.4) is 0 Å². The Kier molecular flexibility index (Phi) is 12.6. The number of hydrogen-bond acceptors (Lipinski definition) is 7. The monoisotopic (exact) mass is 597 g/mol. The van der Waals surface area contributed by atoms with Crippen LogP contribution in [-0.2, 0) is 15.9 Å². The molecule has 0 spiro atoms. The summed E-state index contributed by atoms with van der Waals surface area (Å²) in [5.74, 6) is 0.903. The third-order valence-corrected chi connectivity index (χ3v) is 6.99. The second-order valence-electron chi connectivity index (χ2n) is 13.3. The van der Waals surface area contributed by atoms with Gasteiger partial charge in [0.05, 0.1) is 0 Å². The van der Waals surface area contributed by atoms with E-state index >= 15 is 0 Å². The number of alkyl carbamates (subject to hydrolysis) is 1. The van der Waals surface area contributed by atoms with Crippen LogP contribution in [0.4, 0.5) is 9.59 Å². The van der Waals surface area contributed by atoms with Crippen molar-refractivity contribution in [1.29, 1.82) is 0 Å². The maximum absolute atomic E-state index is 12.7. The summed E-state index contributed by atoms with van der Waals surface area (Å²) in [6, 6.07) is 7.94. The van der Waals surface area contributed by atoms with E-state index < -0.39 is 23.4 Å². The summed E-state index contributed by atoms with van der Waals surface area (Å²) < 4.78 is 16.5. The minimum Gasteiger partial charge on any atom is -0.444 e. The van der Waals surface area contributed by atoms with E-state index in [1.807, 2.05) is 12.1 Å². The van der Waals surface area contributed by atoms with E-state index in [1.54, 1.807) is 46.4 Å². The number of nitrogens with zero attached hydrogens (tertiary/aromatic N) is 4. The number of rotatable bonds is 11. The Hall–Kier alpha value is -3.43. The summed E-state index contributed by atoms with van der Waals surface area (Å²) in [6.45, 7) is 13.3. The first-order valence-corrected chi connectivity index (χ1v) is 15.9. The zero-order valence-corrected chi connectivity index (χ0v) is 27.2. The Morgan fingerprint density at radius 3 is 2.21 bits per heavy atom. The van der Waals surface area contributed by atoms with Gasteiger partial charge in [-0.05, 0) is 72.8 Å². The highest BCUT2D eigenvalue weighted by molar-refractivity contribution is 5.99. The lowest BCUT2D eigenvalue weighted by atomic mass is 10.0. The van der Waals surface area contributed by atoms with Crippen molar-refractivity contribution in [3.8, 4) is 11.4 Å². The number of benzene rings is 1. The van der Waals surface area contributed by atoms with E-state index in [1.165, 1.54) is 56.9 Å². The van der Waals surface area contributed by atoms with Gasteiger partial charge in [0, 0.05) is 12.1 Å². The van der Waals surface area contributed by atoms with Gasteiger partial charge in [0.15, 0.2) is 0 Å². The van der Waals surface area contributed by atoms with Gasteiger partial charge in [-0.1, -0.05) is 81.3 Å². The normalized spacial score (nSPS) is 15.9. The number of aryl methyl sites for hydroxylation is 1. The molecule has 1 N–H and O–H groups in total. The molecule has 1 aromatic carbocycles. The molecule has 1 aliphatic rings. The first-order chi connectivity index (χ1) is 20.3. The third kappa shape index (κ3) is 12.0. The van der Waals surface area contributed by atoms with E-state index in [9.17, 15) is 9.59 Å². The van der Waals surface area contributed by atoms with Crippen LogP contribution >= 0.6 is 0 Å². The van der Waals surface area contributed by atoms with Gasteiger partial charge in [0.1, 0.15) is 17.2 Å². The molecular formula is C33H51N5O5. The molecule has 1 fully saturated rings. The lowest BCUT2D eigenvalue weighted by Gasteiger charge is -2.27. The van der Waals surface area contributed by atoms with Gasteiger partial charge >= 0.3 is 12.2 Å². The second kappa shape index (κ2) is 15.9. The van der Waals surface area contributed by atoms with Crippen LogP contribution in [0.25, 0.3) is 11.4 Å². The zero-order chi connectivity index (χ0) is 31.5. The van der Waals surface area contributed by atoms with Crippen molar-refractivity contribution in [2.75, 3.05) is 6.54 Å². The van der Waals surface area contributed by atoms with Crippen LogP contribution in [0, 0.1) is 0 Å². The fourth-order valence-electron chi connectivity index (χ4n) is 4.98. The van der Waals surface area contributed by atoms with Crippen LogP contribution in [0.2, 0.25) is 0 Å². The molecule has 1 aliphatic heterocycles. The Balaban J connectivity index is 1.66. The van der Waals surface area contributed by atoms with Crippen LogP contribution in [0.5, 0.6) is 0 Å².